The number of nitrogens with two attached hydrogens (primary N) is 1. The predicted molar refractivity (Wildman–Crippen MR) is 141 cm³/mol. The van der Waals surface area contributed by atoms with E-state index in [-0.39, 0.29) is 19.6 Å². The molecule has 3 amide bonds. The van der Waals surface area contributed by atoms with Crippen LogP contribution < -0.4 is 5.73 Å². The van der Waals surface area contributed by atoms with E-state index in [0.717, 1.165) is 15.2 Å². The van der Waals surface area contributed by atoms with Gasteiger partial charge in [0, 0.05) is 5.54 Å². The molecule has 0 rings (SSSR count). The number of hydrogen-bond acceptors (Lipinski definition) is 7. The Morgan fingerprint density at radius 1 is 0.553 bits per heavy atom. The average molecular weight is 551 g/mol. The van der Waals surface area contributed by atoms with Crippen molar-refractivity contribution in [3.05, 3.63) is 0 Å². The molecule has 0 saturated heterocycles. The molecule has 0 heterocycles. The van der Waals surface area contributed by atoms with Gasteiger partial charge in [-0.3, -0.25) is 14.5 Å². The minimum Gasteiger partial charge on any atom is -0.463 e. The summed E-state index contributed by atoms with van der Waals surface area (Å²) in [4.78, 5) is 51.3. The molecule has 0 aliphatic heterocycles. The van der Waals surface area contributed by atoms with Crippen molar-refractivity contribution in [3.8, 4) is 0 Å². The fourth-order valence-corrected chi connectivity index (χ4v) is 3.63. The molecular formula is C25H50N4O9. The second-order valence-corrected chi connectivity index (χ2v) is 12.4. The van der Waals surface area contributed by atoms with Crippen LogP contribution in [0.15, 0.2) is 0 Å². The van der Waals surface area contributed by atoms with E-state index in [9.17, 15) is 29.7 Å². The Labute approximate surface area is 226 Å². The van der Waals surface area contributed by atoms with Crippen molar-refractivity contribution < 1.29 is 44.2 Å². The van der Waals surface area contributed by atoms with Gasteiger partial charge in [-0.05, 0) is 101 Å². The Bertz CT molecular complexity index is 660. The van der Waals surface area contributed by atoms with E-state index < -0.39 is 40.6 Å². The van der Waals surface area contributed by atoms with Gasteiger partial charge in [0.25, 0.3) is 0 Å². The van der Waals surface area contributed by atoms with Crippen LogP contribution in [-0.2, 0) is 14.5 Å². The average Bonchev–Trinajstić information content (AvgIpc) is 2.68. The Balaban J connectivity index is 5.40. The van der Waals surface area contributed by atoms with Crippen LogP contribution in [0.3, 0.4) is 0 Å². The first-order valence-corrected chi connectivity index (χ1v) is 12.9. The zero-order valence-corrected chi connectivity index (χ0v) is 24.6. The first-order chi connectivity index (χ1) is 17.0. The van der Waals surface area contributed by atoms with Crippen LogP contribution in [0.5, 0.6) is 0 Å². The smallest absolute Gasteiger partial charge is 0.431 e. The maximum absolute atomic E-state index is 11.6. The standard InChI is InChI=1S/C25H50N4O9/c1-22(2,3)36-27(19(30)31)16-10-13-25(26,14-11-17-28(20(32)33)37-23(4,5)6)15-12-18-29(21(34)35)38-24(7,8)9/h10-18,26H2,1-9H3,(H,30,31)(H,32,33)(H,34,35). The van der Waals surface area contributed by atoms with Gasteiger partial charge in [0.15, 0.2) is 0 Å². The lowest BCUT2D eigenvalue weighted by Gasteiger charge is -2.34. The highest BCUT2D eigenvalue weighted by atomic mass is 16.7. The van der Waals surface area contributed by atoms with Crippen LogP contribution >= 0.6 is 0 Å². The van der Waals surface area contributed by atoms with Gasteiger partial charge in [0.05, 0.1) is 36.4 Å². The van der Waals surface area contributed by atoms with Gasteiger partial charge in [-0.1, -0.05) is 0 Å². The van der Waals surface area contributed by atoms with Crippen molar-refractivity contribution in [1.82, 2.24) is 15.2 Å². The molecule has 38 heavy (non-hydrogen) atoms. The molecule has 0 bridgehead atoms. The summed E-state index contributed by atoms with van der Waals surface area (Å²) in [5.74, 6) is 0. The quantitative estimate of drug-likeness (QED) is 0.199. The van der Waals surface area contributed by atoms with Gasteiger partial charge < -0.3 is 21.1 Å². The fraction of sp³-hybridized carbons (Fsp3) is 0.880. The van der Waals surface area contributed by atoms with Crippen LogP contribution in [0.4, 0.5) is 14.4 Å². The van der Waals surface area contributed by atoms with Gasteiger partial charge in [-0.25, -0.2) is 14.4 Å². The lowest BCUT2D eigenvalue weighted by Crippen LogP contribution is -2.44. The van der Waals surface area contributed by atoms with Gasteiger partial charge in [-0.15, -0.1) is 0 Å². The Morgan fingerprint density at radius 2 is 0.763 bits per heavy atom. The van der Waals surface area contributed by atoms with Crippen LogP contribution in [-0.4, -0.2) is 90.8 Å². The summed E-state index contributed by atoms with van der Waals surface area (Å²) in [6, 6.07) is 0. The minimum absolute atomic E-state index is 0.0916. The van der Waals surface area contributed by atoms with Crippen LogP contribution in [0.1, 0.15) is 101 Å². The summed E-state index contributed by atoms with van der Waals surface area (Å²) < 4.78 is 0. The normalized spacial score (nSPS) is 12.8. The summed E-state index contributed by atoms with van der Waals surface area (Å²) in [7, 11) is 0. The number of rotatable bonds is 15. The molecular weight excluding hydrogens is 500 g/mol. The van der Waals surface area contributed by atoms with Crippen LogP contribution in [0.25, 0.3) is 0 Å². The summed E-state index contributed by atoms with van der Waals surface area (Å²) in [6.45, 7) is 16.0. The van der Waals surface area contributed by atoms with Crippen LogP contribution in [0.2, 0.25) is 0 Å². The van der Waals surface area contributed by atoms with Crippen LogP contribution in [0, 0.1) is 0 Å². The fourth-order valence-electron chi connectivity index (χ4n) is 3.63. The maximum atomic E-state index is 11.6. The molecule has 13 heteroatoms. The molecule has 224 valence electrons. The van der Waals surface area contributed by atoms with E-state index in [0.29, 0.717) is 38.5 Å². The maximum Gasteiger partial charge on any atom is 0.431 e. The van der Waals surface area contributed by atoms with Crippen molar-refractivity contribution in [2.45, 2.75) is 123 Å². The SMILES string of the molecule is CC(C)(C)ON(CCCC(N)(CCCN(OC(C)(C)C)C(=O)O)CCCN(OC(C)(C)C)C(=O)O)C(=O)O. The first kappa shape index (κ1) is 35.6. The molecule has 0 aromatic carbocycles. The minimum atomic E-state index is -1.21. The highest BCUT2D eigenvalue weighted by Crippen LogP contribution is 2.25. The predicted octanol–water partition coefficient (Wildman–Crippen LogP) is 5.15. The van der Waals surface area contributed by atoms with E-state index in [4.69, 9.17) is 20.2 Å². The summed E-state index contributed by atoms with van der Waals surface area (Å²) in [5.41, 5.74) is 3.84. The van der Waals surface area contributed by atoms with Gasteiger partial charge in [0.1, 0.15) is 0 Å². The second kappa shape index (κ2) is 14.7. The second-order valence-electron chi connectivity index (χ2n) is 12.4. The number of hydroxylamine groups is 6. The Hall–Kier alpha value is -2.35. The van der Waals surface area contributed by atoms with E-state index in [1.54, 1.807) is 62.3 Å². The third-order valence-electron chi connectivity index (χ3n) is 4.90. The highest BCUT2D eigenvalue weighted by molar-refractivity contribution is 5.64. The largest absolute Gasteiger partial charge is 0.463 e. The van der Waals surface area contributed by atoms with Crippen molar-refractivity contribution in [1.29, 1.82) is 0 Å². The Morgan fingerprint density at radius 3 is 0.921 bits per heavy atom. The number of hydrogen-bond donors (Lipinski definition) is 4. The summed E-state index contributed by atoms with van der Waals surface area (Å²) in [6.07, 6.45) is -1.25. The third kappa shape index (κ3) is 17.2. The van der Waals surface area contributed by atoms with E-state index in [1.807, 2.05) is 0 Å². The van der Waals surface area contributed by atoms with Gasteiger partial charge >= 0.3 is 18.3 Å². The van der Waals surface area contributed by atoms with Crippen molar-refractivity contribution in [2.75, 3.05) is 19.6 Å². The van der Waals surface area contributed by atoms with Crippen molar-refractivity contribution >= 4 is 18.3 Å². The number of amides is 3. The van der Waals surface area contributed by atoms with Gasteiger partial charge in [-0.2, -0.15) is 15.2 Å². The molecule has 5 N–H and O–H groups in total. The molecule has 0 aromatic rings. The lowest BCUT2D eigenvalue weighted by atomic mass is 9.84. The molecule has 0 saturated carbocycles. The van der Waals surface area contributed by atoms with E-state index in [1.165, 1.54) is 0 Å². The molecule has 0 atom stereocenters. The Kier molecular flexibility index (Phi) is 13.8. The van der Waals surface area contributed by atoms with Gasteiger partial charge in [0.2, 0.25) is 0 Å². The molecule has 0 unspecified atom stereocenters. The zero-order valence-electron chi connectivity index (χ0n) is 24.6. The summed E-state index contributed by atoms with van der Waals surface area (Å²) in [5, 5.41) is 31.1. The van der Waals surface area contributed by atoms with E-state index in [2.05, 4.69) is 0 Å². The molecule has 0 aliphatic carbocycles. The van der Waals surface area contributed by atoms with Crippen molar-refractivity contribution in [2.24, 2.45) is 5.73 Å². The first-order valence-electron chi connectivity index (χ1n) is 12.9. The molecule has 0 spiro atoms. The zero-order chi connectivity index (χ0) is 29.9. The van der Waals surface area contributed by atoms with E-state index >= 15 is 0 Å². The van der Waals surface area contributed by atoms with Crippen molar-refractivity contribution in [3.63, 3.8) is 0 Å². The molecule has 0 aromatic heterocycles. The number of carboxylic acid groups (broad SMARTS) is 3. The third-order valence-corrected chi connectivity index (χ3v) is 4.90. The molecule has 0 aliphatic rings. The molecule has 0 radical (unpaired) electrons. The molecule has 13 nitrogen and oxygen atoms in total. The monoisotopic (exact) mass is 550 g/mol. The number of nitrogens with zero attached hydrogens (tertiary/aromatic N) is 3. The lowest BCUT2D eigenvalue weighted by molar-refractivity contribution is -0.204. The number of carbonyl (C=O) groups is 3. The topological polar surface area (TPSA) is 175 Å². The summed E-state index contributed by atoms with van der Waals surface area (Å²) >= 11 is 0. The highest BCUT2D eigenvalue weighted by Gasteiger charge is 2.29. The molecule has 0 fully saturated rings.